The molecule has 10 nitrogen and oxygen atoms in total. The van der Waals surface area contributed by atoms with Gasteiger partial charge in [0.1, 0.15) is 47.4 Å². The van der Waals surface area contributed by atoms with Crippen LogP contribution in [0.2, 0.25) is 0 Å². The van der Waals surface area contributed by atoms with E-state index in [1.54, 1.807) is 0 Å². The first-order valence-electron chi connectivity index (χ1n) is 13.0. The molecule has 3 aromatic rings. The quantitative estimate of drug-likeness (QED) is 0.338. The van der Waals surface area contributed by atoms with Crippen molar-refractivity contribution in [2.24, 2.45) is 0 Å². The molecule has 0 bridgehead atoms. The number of ether oxygens (including phenoxy) is 2. The van der Waals surface area contributed by atoms with Crippen LogP contribution in [-0.4, -0.2) is 78.5 Å². The summed E-state index contributed by atoms with van der Waals surface area (Å²) in [6.45, 7) is 1.31. The lowest BCUT2D eigenvalue weighted by atomic mass is 9.81. The van der Waals surface area contributed by atoms with Crippen LogP contribution < -0.4 is 0 Å². The van der Waals surface area contributed by atoms with Gasteiger partial charge < -0.3 is 29.3 Å². The summed E-state index contributed by atoms with van der Waals surface area (Å²) in [7, 11) is 1.43. The first-order chi connectivity index (χ1) is 19.2. The van der Waals surface area contributed by atoms with E-state index in [0.717, 1.165) is 37.0 Å². The molecule has 3 heterocycles. The van der Waals surface area contributed by atoms with Crippen LogP contribution in [0.25, 0.3) is 11.3 Å². The number of hydrogen-bond donors (Lipinski definition) is 3. The largest absolute Gasteiger partial charge is 0.394 e. The van der Waals surface area contributed by atoms with E-state index in [9.17, 15) is 28.5 Å². The number of methoxy groups -OCH3 is 1. The van der Waals surface area contributed by atoms with Crippen LogP contribution in [0.3, 0.4) is 0 Å². The number of aliphatic hydroxyl groups excluding tert-OH is 2. The molecule has 2 aliphatic rings. The highest BCUT2D eigenvalue weighted by Gasteiger charge is 2.51. The number of benzene rings is 1. The van der Waals surface area contributed by atoms with Gasteiger partial charge in [0, 0.05) is 18.2 Å². The van der Waals surface area contributed by atoms with Gasteiger partial charge in [-0.05, 0) is 31.9 Å². The fraction of sp³-hybridized carbons (Fsp3) is 0.577. The third kappa shape index (κ3) is 5.40. The molecule has 218 valence electrons. The number of aliphatic hydroxyl groups is 3. The molecular weight excluding hydrogens is 553 g/mol. The van der Waals surface area contributed by atoms with E-state index >= 15 is 0 Å². The minimum atomic E-state index is -1.60. The van der Waals surface area contributed by atoms with Gasteiger partial charge in [0.15, 0.2) is 17.5 Å². The average molecular weight is 585 g/mol. The van der Waals surface area contributed by atoms with Crippen molar-refractivity contribution in [3.8, 4) is 11.3 Å². The van der Waals surface area contributed by atoms with Gasteiger partial charge in [-0.2, -0.15) is 0 Å². The molecule has 0 radical (unpaired) electrons. The third-order valence-electron chi connectivity index (χ3n) is 7.70. The first-order valence-corrected chi connectivity index (χ1v) is 13.9. The Morgan fingerprint density at radius 3 is 2.50 bits per heavy atom. The summed E-state index contributed by atoms with van der Waals surface area (Å²) in [5, 5.41) is 44.6. The zero-order valence-corrected chi connectivity index (χ0v) is 22.7. The van der Waals surface area contributed by atoms with Gasteiger partial charge in [-0.25, -0.2) is 17.9 Å². The number of nitrogens with zero attached hydrogens (tertiary/aromatic N) is 4. The second-order valence-corrected chi connectivity index (χ2v) is 11.5. The molecule has 1 saturated heterocycles. The van der Waals surface area contributed by atoms with Crippen LogP contribution in [0.4, 0.5) is 13.2 Å². The lowest BCUT2D eigenvalue weighted by Gasteiger charge is -2.46. The standard InChI is InChI=1S/C26H31F3N4O6S/c1-13-12-38-31-20(13)24(26(36)6-4-3-5-7-26)40-25-23(37-2)21(22(35)18(11-34)39-25)33-10-17(30-32-33)14-8-15(27)19(29)16(28)9-14/h8-10,12,18,21-25,34-36H,3-7,11H2,1-2H3/t18-,21+,22+,23-,24?,25+/m1/s1. The predicted octanol–water partition coefficient (Wildman–Crippen LogP) is 3.46. The van der Waals surface area contributed by atoms with Crippen molar-refractivity contribution in [1.82, 2.24) is 20.2 Å². The monoisotopic (exact) mass is 584 g/mol. The summed E-state index contributed by atoms with van der Waals surface area (Å²) >= 11 is 1.26. The normalized spacial score (nSPS) is 27.6. The van der Waals surface area contributed by atoms with Gasteiger partial charge in [0.2, 0.25) is 0 Å². The number of aryl methyl sites for hydroxylation is 1. The molecule has 5 rings (SSSR count). The van der Waals surface area contributed by atoms with Crippen LogP contribution >= 0.6 is 11.8 Å². The number of halogens is 3. The first kappa shape index (κ1) is 29.0. The van der Waals surface area contributed by atoms with Crippen LogP contribution in [0, 0.1) is 24.4 Å². The van der Waals surface area contributed by atoms with Crippen molar-refractivity contribution < 1.29 is 42.5 Å². The Labute approximate surface area is 232 Å². The Morgan fingerprint density at radius 1 is 1.20 bits per heavy atom. The van der Waals surface area contributed by atoms with Gasteiger partial charge in [0.05, 0.1) is 23.7 Å². The Kier molecular flexibility index (Phi) is 8.55. The maximum Gasteiger partial charge on any atom is 0.194 e. The summed E-state index contributed by atoms with van der Waals surface area (Å²) in [5.74, 6) is -4.35. The summed E-state index contributed by atoms with van der Waals surface area (Å²) < 4.78 is 59.6. The lowest BCUT2D eigenvalue weighted by Crippen LogP contribution is -2.56. The van der Waals surface area contributed by atoms with Crippen LogP contribution in [0.15, 0.2) is 29.1 Å². The second-order valence-electron chi connectivity index (χ2n) is 10.3. The molecule has 40 heavy (non-hydrogen) atoms. The Morgan fingerprint density at radius 2 is 1.90 bits per heavy atom. The molecule has 0 spiro atoms. The molecule has 14 heteroatoms. The van der Waals surface area contributed by atoms with Gasteiger partial charge >= 0.3 is 0 Å². The van der Waals surface area contributed by atoms with Crippen molar-refractivity contribution in [1.29, 1.82) is 0 Å². The van der Waals surface area contributed by atoms with Crippen molar-refractivity contribution in [2.45, 2.75) is 79.7 Å². The van der Waals surface area contributed by atoms with E-state index in [4.69, 9.17) is 14.0 Å². The highest BCUT2D eigenvalue weighted by Crippen LogP contribution is 2.51. The molecule has 1 aliphatic heterocycles. The average Bonchev–Trinajstić information content (AvgIpc) is 3.60. The smallest absolute Gasteiger partial charge is 0.194 e. The second kappa shape index (κ2) is 11.8. The SMILES string of the molecule is CO[C@@H]1[C@@H](n2cc(-c3cc(F)c(F)c(F)c3)nn2)[C@@H](O)[C@@H](CO)O[C@H]1SC(c1nocc1C)C1(O)CCCCC1. The maximum absolute atomic E-state index is 13.9. The van der Waals surface area contributed by atoms with E-state index in [-0.39, 0.29) is 11.3 Å². The number of rotatable bonds is 8. The fourth-order valence-electron chi connectivity index (χ4n) is 5.54. The van der Waals surface area contributed by atoms with Gasteiger partial charge in [-0.3, -0.25) is 0 Å². The van der Waals surface area contributed by atoms with Gasteiger partial charge in [-0.15, -0.1) is 16.9 Å². The van der Waals surface area contributed by atoms with E-state index in [1.807, 2.05) is 6.92 Å². The van der Waals surface area contributed by atoms with Crippen molar-refractivity contribution in [3.63, 3.8) is 0 Å². The maximum atomic E-state index is 13.9. The summed E-state index contributed by atoms with van der Waals surface area (Å²) in [4.78, 5) is 0. The van der Waals surface area contributed by atoms with E-state index in [1.165, 1.54) is 36.0 Å². The van der Waals surface area contributed by atoms with Gasteiger partial charge in [-0.1, -0.05) is 29.6 Å². The Bertz CT molecular complexity index is 1300. The fourth-order valence-corrected chi connectivity index (χ4v) is 7.29. The zero-order valence-electron chi connectivity index (χ0n) is 21.9. The highest BCUT2D eigenvalue weighted by atomic mass is 32.2. The van der Waals surface area contributed by atoms with Gasteiger partial charge in [0.25, 0.3) is 0 Å². The molecule has 2 aromatic heterocycles. The van der Waals surface area contributed by atoms with Crippen LogP contribution in [0.5, 0.6) is 0 Å². The third-order valence-corrected chi connectivity index (χ3v) is 9.28. The molecule has 1 unspecified atom stereocenters. The Balaban J connectivity index is 1.49. The highest BCUT2D eigenvalue weighted by molar-refractivity contribution is 8.00. The topological polar surface area (TPSA) is 136 Å². The summed E-state index contributed by atoms with van der Waals surface area (Å²) in [6, 6.07) is 0.641. The van der Waals surface area contributed by atoms with Crippen LogP contribution in [-0.2, 0) is 9.47 Å². The molecule has 1 aromatic carbocycles. The number of thioether (sulfide) groups is 1. The lowest BCUT2D eigenvalue weighted by molar-refractivity contribution is -0.186. The Hall–Kier alpha value is -2.49. The number of hydrogen-bond acceptors (Lipinski definition) is 10. The minimum Gasteiger partial charge on any atom is -0.394 e. The molecule has 0 amide bonds. The molecule has 2 fully saturated rings. The van der Waals surface area contributed by atoms with E-state index < -0.39 is 64.7 Å². The summed E-state index contributed by atoms with van der Waals surface area (Å²) in [6.07, 6.45) is 3.41. The zero-order chi connectivity index (χ0) is 28.6. The summed E-state index contributed by atoms with van der Waals surface area (Å²) in [5.41, 5.74) is -0.622. The molecule has 1 saturated carbocycles. The minimum absolute atomic E-state index is 0.0312. The molecule has 3 N–H and O–H groups in total. The molecule has 1 aliphatic carbocycles. The van der Waals surface area contributed by atoms with Crippen molar-refractivity contribution in [2.75, 3.05) is 13.7 Å². The molecule has 6 atom stereocenters. The predicted molar refractivity (Wildman–Crippen MR) is 137 cm³/mol. The van der Waals surface area contributed by atoms with E-state index in [0.29, 0.717) is 18.5 Å². The van der Waals surface area contributed by atoms with Crippen molar-refractivity contribution in [3.05, 3.63) is 53.3 Å². The van der Waals surface area contributed by atoms with Crippen LogP contribution in [0.1, 0.15) is 54.7 Å². The molecular formula is C26H31F3N4O6S. The van der Waals surface area contributed by atoms with E-state index in [2.05, 4.69) is 15.5 Å². The van der Waals surface area contributed by atoms with Crippen molar-refractivity contribution >= 4 is 11.8 Å². The number of aromatic nitrogens is 4.